The van der Waals surface area contributed by atoms with E-state index in [0.717, 1.165) is 31.6 Å². The van der Waals surface area contributed by atoms with Gasteiger partial charge in [-0.05, 0) is 42.3 Å². The molecule has 0 spiro atoms. The van der Waals surface area contributed by atoms with E-state index in [9.17, 15) is 13.2 Å². The minimum atomic E-state index is -4.37. The number of hydrogen-bond donors (Lipinski definition) is 1. The third kappa shape index (κ3) is 3.76. The second kappa shape index (κ2) is 7.32. The summed E-state index contributed by atoms with van der Waals surface area (Å²) in [7, 11) is 0. The van der Waals surface area contributed by atoms with Crippen molar-refractivity contribution in [2.45, 2.75) is 18.6 Å². The summed E-state index contributed by atoms with van der Waals surface area (Å²) in [5, 5.41) is 3.30. The van der Waals surface area contributed by atoms with Crippen molar-refractivity contribution in [3.63, 3.8) is 0 Å². The maximum atomic E-state index is 13.5. The zero-order chi connectivity index (χ0) is 17.0. The molecule has 0 radical (unpaired) electrons. The monoisotopic (exact) mass is 335 g/mol. The molecule has 24 heavy (non-hydrogen) atoms. The van der Waals surface area contributed by atoms with Crippen LogP contribution in [0.5, 0.6) is 0 Å². The summed E-state index contributed by atoms with van der Waals surface area (Å²) in [6.07, 6.45) is -0.190. The first-order valence-corrected chi connectivity index (χ1v) is 8.08. The van der Waals surface area contributed by atoms with Gasteiger partial charge in [0.05, 0.1) is 11.6 Å². The van der Waals surface area contributed by atoms with Crippen LogP contribution in [-0.2, 0) is 6.18 Å². The van der Waals surface area contributed by atoms with Crippen molar-refractivity contribution in [3.8, 4) is 0 Å². The number of rotatable bonds is 3. The molecule has 1 aliphatic rings. The van der Waals surface area contributed by atoms with Crippen LogP contribution < -0.4 is 5.32 Å². The highest BCUT2D eigenvalue weighted by Crippen LogP contribution is 2.38. The fourth-order valence-electron chi connectivity index (χ4n) is 3.25. The summed E-state index contributed by atoms with van der Waals surface area (Å²) in [5.41, 5.74) is 0.575. The molecule has 0 aliphatic carbocycles. The van der Waals surface area contributed by atoms with E-state index in [1.165, 1.54) is 12.1 Å². The second-order valence-electron chi connectivity index (χ2n) is 5.91. The van der Waals surface area contributed by atoms with Crippen molar-refractivity contribution in [2.24, 2.45) is 0 Å². The smallest absolute Gasteiger partial charge is 0.315 e. The maximum absolute atomic E-state index is 13.5. The van der Waals surface area contributed by atoms with Crippen LogP contribution >= 0.6 is 0 Å². The fraction of sp³-hybridized carbons (Fsp3) is 0.389. The predicted molar refractivity (Wildman–Crippen MR) is 86.6 cm³/mol. The number of benzene rings is 1. The summed E-state index contributed by atoms with van der Waals surface area (Å²) in [6.45, 7) is 3.13. The zero-order valence-corrected chi connectivity index (χ0v) is 13.3. The van der Waals surface area contributed by atoms with Gasteiger partial charge in [0.25, 0.3) is 0 Å². The molecule has 1 fully saturated rings. The molecule has 1 atom stereocenters. The van der Waals surface area contributed by atoms with Crippen molar-refractivity contribution < 1.29 is 13.2 Å². The molecule has 0 bridgehead atoms. The van der Waals surface area contributed by atoms with Crippen molar-refractivity contribution in [1.29, 1.82) is 0 Å². The highest BCUT2D eigenvalue weighted by Gasteiger charge is 2.36. The molecule has 1 aromatic heterocycles. The van der Waals surface area contributed by atoms with Crippen LogP contribution in [0.15, 0.2) is 48.8 Å². The van der Waals surface area contributed by atoms with Gasteiger partial charge in [-0.1, -0.05) is 18.2 Å². The van der Waals surface area contributed by atoms with Crippen LogP contribution in [0.3, 0.4) is 0 Å². The molecule has 2 aromatic rings. The molecule has 1 unspecified atom stereocenters. The van der Waals surface area contributed by atoms with Crippen molar-refractivity contribution >= 4 is 0 Å². The van der Waals surface area contributed by atoms with Gasteiger partial charge in [-0.3, -0.25) is 9.88 Å². The van der Waals surface area contributed by atoms with Gasteiger partial charge < -0.3 is 5.32 Å². The Morgan fingerprint density at radius 1 is 1.00 bits per heavy atom. The lowest BCUT2D eigenvalue weighted by molar-refractivity contribution is -0.138. The average Bonchev–Trinajstić information content (AvgIpc) is 2.85. The quantitative estimate of drug-likeness (QED) is 0.931. The molecule has 1 aliphatic heterocycles. The molecular formula is C18H20F3N3. The number of halogens is 3. The molecule has 2 heterocycles. The number of pyridine rings is 1. The first-order valence-electron chi connectivity index (χ1n) is 8.08. The van der Waals surface area contributed by atoms with E-state index in [2.05, 4.69) is 15.2 Å². The van der Waals surface area contributed by atoms with E-state index >= 15 is 0 Å². The van der Waals surface area contributed by atoms with Crippen LogP contribution in [0.2, 0.25) is 0 Å². The van der Waals surface area contributed by atoms with E-state index in [0.29, 0.717) is 12.1 Å². The topological polar surface area (TPSA) is 28.2 Å². The van der Waals surface area contributed by atoms with Gasteiger partial charge in [0.2, 0.25) is 0 Å². The van der Waals surface area contributed by atoms with E-state index < -0.39 is 17.8 Å². The standard InChI is InChI=1S/C18H20F3N3/c19-18(20,21)16-5-2-1-4-15(16)17(14-6-9-23-10-7-14)24-12-3-8-22-11-13-24/h1-2,4-7,9-10,17,22H,3,8,11-13H2. The lowest BCUT2D eigenvalue weighted by atomic mass is 9.93. The third-order valence-electron chi connectivity index (χ3n) is 4.32. The average molecular weight is 335 g/mol. The van der Waals surface area contributed by atoms with Crippen molar-refractivity contribution in [1.82, 2.24) is 15.2 Å². The molecule has 0 amide bonds. The Morgan fingerprint density at radius 3 is 2.50 bits per heavy atom. The predicted octanol–water partition coefficient (Wildman–Crippen LogP) is 3.49. The summed E-state index contributed by atoms with van der Waals surface area (Å²) in [6, 6.07) is 9.05. The van der Waals surface area contributed by atoms with Gasteiger partial charge in [0.15, 0.2) is 0 Å². The Balaban J connectivity index is 2.08. The van der Waals surface area contributed by atoms with Gasteiger partial charge in [-0.25, -0.2) is 0 Å². The number of aromatic nitrogens is 1. The molecule has 1 aromatic carbocycles. The molecule has 128 valence electrons. The first kappa shape index (κ1) is 16.9. The van der Waals surface area contributed by atoms with Crippen LogP contribution in [0.25, 0.3) is 0 Å². The van der Waals surface area contributed by atoms with Gasteiger partial charge in [0.1, 0.15) is 0 Å². The lowest BCUT2D eigenvalue weighted by Gasteiger charge is -2.32. The zero-order valence-electron chi connectivity index (χ0n) is 13.3. The Labute approximate surface area is 139 Å². The van der Waals surface area contributed by atoms with Crippen LogP contribution in [0.4, 0.5) is 13.2 Å². The first-order chi connectivity index (χ1) is 11.6. The third-order valence-corrected chi connectivity index (χ3v) is 4.32. The summed E-state index contributed by atoms with van der Waals surface area (Å²) < 4.78 is 40.6. The van der Waals surface area contributed by atoms with Crippen LogP contribution in [-0.4, -0.2) is 36.1 Å². The van der Waals surface area contributed by atoms with Crippen molar-refractivity contribution in [2.75, 3.05) is 26.2 Å². The minimum absolute atomic E-state index is 0.304. The normalized spacial score (nSPS) is 18.1. The Kier molecular flexibility index (Phi) is 5.16. The number of nitrogens with one attached hydrogen (secondary N) is 1. The van der Waals surface area contributed by atoms with Crippen LogP contribution in [0.1, 0.15) is 29.2 Å². The summed E-state index contributed by atoms with van der Waals surface area (Å²) in [5.74, 6) is 0. The van der Waals surface area contributed by atoms with Gasteiger partial charge >= 0.3 is 6.18 Å². The van der Waals surface area contributed by atoms with Gasteiger partial charge in [-0.15, -0.1) is 0 Å². The lowest BCUT2D eigenvalue weighted by Crippen LogP contribution is -2.34. The maximum Gasteiger partial charge on any atom is 0.416 e. The van der Waals surface area contributed by atoms with E-state index in [4.69, 9.17) is 0 Å². The van der Waals surface area contributed by atoms with E-state index in [1.807, 2.05) is 0 Å². The van der Waals surface area contributed by atoms with Crippen molar-refractivity contribution in [3.05, 3.63) is 65.5 Å². The molecule has 3 rings (SSSR count). The largest absolute Gasteiger partial charge is 0.416 e. The number of hydrogen-bond acceptors (Lipinski definition) is 3. The number of nitrogens with zero attached hydrogens (tertiary/aromatic N) is 2. The minimum Gasteiger partial charge on any atom is -0.315 e. The summed E-state index contributed by atoms with van der Waals surface area (Å²) >= 11 is 0. The molecule has 3 nitrogen and oxygen atoms in total. The van der Waals surface area contributed by atoms with Gasteiger partial charge in [0, 0.05) is 32.0 Å². The fourth-order valence-corrected chi connectivity index (χ4v) is 3.25. The second-order valence-corrected chi connectivity index (χ2v) is 5.91. The molecule has 6 heteroatoms. The molecular weight excluding hydrogens is 315 g/mol. The Hall–Kier alpha value is -1.92. The molecule has 1 N–H and O–H groups in total. The molecule has 1 saturated heterocycles. The van der Waals surface area contributed by atoms with E-state index in [-0.39, 0.29) is 0 Å². The Morgan fingerprint density at radius 2 is 1.75 bits per heavy atom. The highest BCUT2D eigenvalue weighted by atomic mass is 19.4. The van der Waals surface area contributed by atoms with E-state index in [1.54, 1.807) is 36.7 Å². The Bertz CT molecular complexity index is 650. The SMILES string of the molecule is FC(F)(F)c1ccccc1C(c1ccncc1)N1CCCNCC1. The number of alkyl halides is 3. The van der Waals surface area contributed by atoms with Gasteiger partial charge in [-0.2, -0.15) is 13.2 Å². The molecule has 0 saturated carbocycles. The van der Waals surface area contributed by atoms with Crippen LogP contribution in [0, 0.1) is 0 Å². The summed E-state index contributed by atoms with van der Waals surface area (Å²) in [4.78, 5) is 6.13. The highest BCUT2D eigenvalue weighted by molar-refractivity contribution is 5.38.